The molecule has 1 rings (SSSR count). The van der Waals surface area contributed by atoms with Gasteiger partial charge >= 0.3 is 11.9 Å². The summed E-state index contributed by atoms with van der Waals surface area (Å²) in [6, 6.07) is 0. The van der Waals surface area contributed by atoms with E-state index in [9.17, 15) is 14.7 Å². The molecule has 0 radical (unpaired) electrons. The Balaban J connectivity index is 3.04. The lowest BCUT2D eigenvalue weighted by molar-refractivity contribution is -0.176. The Hall–Kier alpha value is -1.10. The second kappa shape index (κ2) is 5.30. The molecule has 1 saturated carbocycles. The highest BCUT2D eigenvalue weighted by Gasteiger charge is 2.54. The largest absolute Gasteiger partial charge is 0.480 e. The minimum atomic E-state index is -1.53. The Bertz CT molecular complexity index is 270. The average molecular weight is 230 g/mol. The van der Waals surface area contributed by atoms with Crippen LogP contribution < -0.4 is 0 Å². The van der Waals surface area contributed by atoms with Crippen LogP contribution in [-0.4, -0.2) is 37.9 Å². The molecule has 0 spiro atoms. The number of carbonyl (C=O) groups excluding carboxylic acids is 1. The van der Waals surface area contributed by atoms with E-state index in [1.54, 1.807) is 0 Å². The van der Waals surface area contributed by atoms with Crippen LogP contribution in [0.5, 0.6) is 0 Å². The van der Waals surface area contributed by atoms with E-state index in [1.807, 2.05) is 0 Å². The predicted molar refractivity (Wildman–Crippen MR) is 55.9 cm³/mol. The highest BCUT2D eigenvalue weighted by molar-refractivity contribution is 5.99. The summed E-state index contributed by atoms with van der Waals surface area (Å²) < 4.78 is 9.56. The summed E-state index contributed by atoms with van der Waals surface area (Å²) >= 11 is 0. The molecule has 0 aromatic rings. The molecule has 5 nitrogen and oxygen atoms in total. The summed E-state index contributed by atoms with van der Waals surface area (Å²) in [6.07, 6.45) is 3.40. The molecular weight excluding hydrogens is 212 g/mol. The van der Waals surface area contributed by atoms with E-state index in [0.29, 0.717) is 0 Å². The number of carbonyl (C=O) groups is 2. The molecule has 0 aromatic carbocycles. The van der Waals surface area contributed by atoms with Crippen molar-refractivity contribution in [2.45, 2.75) is 25.7 Å². The molecule has 0 aromatic heterocycles. The Kier molecular flexibility index (Phi) is 4.29. The number of carboxylic acids is 1. The third-order valence-electron chi connectivity index (χ3n) is 3.36. The van der Waals surface area contributed by atoms with E-state index in [4.69, 9.17) is 4.74 Å². The second-order valence-corrected chi connectivity index (χ2v) is 4.18. The van der Waals surface area contributed by atoms with Gasteiger partial charge in [0.15, 0.2) is 5.41 Å². The number of carboxylic acid groups (broad SMARTS) is 1. The van der Waals surface area contributed by atoms with Gasteiger partial charge in [0.1, 0.15) is 0 Å². The number of methoxy groups -OCH3 is 2. The van der Waals surface area contributed by atoms with E-state index in [0.717, 1.165) is 25.7 Å². The Morgan fingerprint density at radius 1 is 1.31 bits per heavy atom. The number of rotatable bonds is 5. The van der Waals surface area contributed by atoms with Crippen LogP contribution in [0.1, 0.15) is 25.7 Å². The second-order valence-electron chi connectivity index (χ2n) is 4.18. The zero-order chi connectivity index (χ0) is 12.2. The zero-order valence-corrected chi connectivity index (χ0v) is 9.69. The van der Waals surface area contributed by atoms with Crippen molar-refractivity contribution in [3.63, 3.8) is 0 Å². The van der Waals surface area contributed by atoms with E-state index in [1.165, 1.54) is 14.2 Å². The molecule has 92 valence electrons. The maximum absolute atomic E-state index is 11.8. The fraction of sp³-hybridized carbons (Fsp3) is 0.818. The van der Waals surface area contributed by atoms with Gasteiger partial charge in [0.25, 0.3) is 0 Å². The summed E-state index contributed by atoms with van der Waals surface area (Å²) in [5.41, 5.74) is -1.53. The smallest absolute Gasteiger partial charge is 0.325 e. The first kappa shape index (κ1) is 13.0. The molecule has 0 bridgehead atoms. The molecule has 1 fully saturated rings. The minimum Gasteiger partial charge on any atom is -0.480 e. The Morgan fingerprint density at radius 3 is 2.25 bits per heavy atom. The van der Waals surface area contributed by atoms with Gasteiger partial charge in [-0.1, -0.05) is 12.8 Å². The van der Waals surface area contributed by atoms with Crippen LogP contribution in [0.25, 0.3) is 0 Å². The van der Waals surface area contributed by atoms with Gasteiger partial charge in [-0.2, -0.15) is 0 Å². The summed E-state index contributed by atoms with van der Waals surface area (Å²) in [4.78, 5) is 23.2. The first-order chi connectivity index (χ1) is 7.59. The van der Waals surface area contributed by atoms with Crippen LogP contribution in [0.15, 0.2) is 0 Å². The highest BCUT2D eigenvalue weighted by Crippen LogP contribution is 2.41. The van der Waals surface area contributed by atoms with Gasteiger partial charge in [-0.3, -0.25) is 9.59 Å². The van der Waals surface area contributed by atoms with Gasteiger partial charge in [0, 0.05) is 7.11 Å². The van der Waals surface area contributed by atoms with Crippen molar-refractivity contribution in [1.29, 1.82) is 0 Å². The van der Waals surface area contributed by atoms with Crippen LogP contribution in [-0.2, 0) is 19.1 Å². The summed E-state index contributed by atoms with van der Waals surface area (Å²) in [7, 11) is 2.61. The molecule has 0 heterocycles. The molecule has 0 amide bonds. The van der Waals surface area contributed by atoms with Gasteiger partial charge < -0.3 is 14.6 Å². The van der Waals surface area contributed by atoms with Gasteiger partial charge in [0.05, 0.1) is 13.7 Å². The van der Waals surface area contributed by atoms with Crippen LogP contribution >= 0.6 is 0 Å². The van der Waals surface area contributed by atoms with Crippen molar-refractivity contribution in [3.8, 4) is 0 Å². The van der Waals surface area contributed by atoms with Crippen molar-refractivity contribution in [2.75, 3.05) is 20.8 Å². The van der Waals surface area contributed by atoms with Crippen molar-refractivity contribution < 1.29 is 24.2 Å². The third-order valence-corrected chi connectivity index (χ3v) is 3.36. The molecule has 1 aliphatic rings. The molecule has 0 aliphatic heterocycles. The van der Waals surface area contributed by atoms with E-state index >= 15 is 0 Å². The lowest BCUT2D eigenvalue weighted by Crippen LogP contribution is -2.49. The standard InChI is InChI=1S/C11H18O5/c1-15-7-11(9(12)13,10(14)16-2)8-5-3-4-6-8/h8H,3-7H2,1-2H3,(H,12,13). The van der Waals surface area contributed by atoms with Gasteiger partial charge in [-0.25, -0.2) is 0 Å². The van der Waals surface area contributed by atoms with Crippen molar-refractivity contribution >= 4 is 11.9 Å². The number of hydrogen-bond acceptors (Lipinski definition) is 4. The molecule has 5 heteroatoms. The van der Waals surface area contributed by atoms with Crippen molar-refractivity contribution in [2.24, 2.45) is 11.3 Å². The topological polar surface area (TPSA) is 72.8 Å². The van der Waals surface area contributed by atoms with E-state index in [-0.39, 0.29) is 12.5 Å². The average Bonchev–Trinajstić information content (AvgIpc) is 2.78. The van der Waals surface area contributed by atoms with Crippen LogP contribution in [0, 0.1) is 11.3 Å². The van der Waals surface area contributed by atoms with Crippen molar-refractivity contribution in [1.82, 2.24) is 0 Å². The first-order valence-corrected chi connectivity index (χ1v) is 5.40. The first-order valence-electron chi connectivity index (χ1n) is 5.40. The third kappa shape index (κ3) is 2.04. The SMILES string of the molecule is COCC(C(=O)O)(C(=O)OC)C1CCCC1. The highest BCUT2D eigenvalue weighted by atomic mass is 16.5. The lowest BCUT2D eigenvalue weighted by Gasteiger charge is -2.31. The molecule has 16 heavy (non-hydrogen) atoms. The predicted octanol–water partition coefficient (Wildman–Crippen LogP) is 1.07. The normalized spacial score (nSPS) is 20.4. The summed E-state index contributed by atoms with van der Waals surface area (Å²) in [5, 5.41) is 9.34. The molecular formula is C11H18O5. The van der Waals surface area contributed by atoms with E-state index < -0.39 is 17.4 Å². The molecule has 1 N–H and O–H groups in total. The van der Waals surface area contributed by atoms with Gasteiger partial charge in [-0.15, -0.1) is 0 Å². The number of aliphatic carboxylic acids is 1. The van der Waals surface area contributed by atoms with Gasteiger partial charge in [0.2, 0.25) is 0 Å². The number of ether oxygens (including phenoxy) is 2. The zero-order valence-electron chi connectivity index (χ0n) is 9.69. The van der Waals surface area contributed by atoms with Crippen LogP contribution in [0.2, 0.25) is 0 Å². The molecule has 0 saturated heterocycles. The maximum Gasteiger partial charge on any atom is 0.325 e. The van der Waals surface area contributed by atoms with Crippen LogP contribution in [0.4, 0.5) is 0 Å². The summed E-state index contributed by atoms with van der Waals surface area (Å²) in [6.45, 7) is -0.125. The van der Waals surface area contributed by atoms with Crippen LogP contribution in [0.3, 0.4) is 0 Å². The number of hydrogen-bond donors (Lipinski definition) is 1. The molecule has 1 aliphatic carbocycles. The Labute approximate surface area is 94.7 Å². The monoisotopic (exact) mass is 230 g/mol. The van der Waals surface area contributed by atoms with E-state index in [2.05, 4.69) is 4.74 Å². The summed E-state index contributed by atoms with van der Waals surface area (Å²) in [5.74, 6) is -2.03. The lowest BCUT2D eigenvalue weighted by atomic mass is 9.74. The fourth-order valence-corrected chi connectivity index (χ4v) is 2.50. The Morgan fingerprint density at radius 2 is 1.88 bits per heavy atom. The maximum atomic E-state index is 11.8. The van der Waals surface area contributed by atoms with Gasteiger partial charge in [-0.05, 0) is 18.8 Å². The quantitative estimate of drug-likeness (QED) is 0.565. The minimum absolute atomic E-state index is 0.125. The molecule has 1 unspecified atom stereocenters. The fourth-order valence-electron chi connectivity index (χ4n) is 2.50. The van der Waals surface area contributed by atoms with Crippen molar-refractivity contribution in [3.05, 3.63) is 0 Å². The molecule has 1 atom stereocenters. The number of esters is 1.